The zero-order valence-electron chi connectivity index (χ0n) is 19.3. The molecule has 35 heavy (non-hydrogen) atoms. The van der Waals surface area contributed by atoms with Gasteiger partial charge >= 0.3 is 5.97 Å². The summed E-state index contributed by atoms with van der Waals surface area (Å²) in [5.74, 6) is -0.306. The molecule has 3 aromatic rings. The van der Waals surface area contributed by atoms with Gasteiger partial charge in [0.2, 0.25) is 6.79 Å². The van der Waals surface area contributed by atoms with Crippen LogP contribution in [-0.4, -0.2) is 40.2 Å². The molecule has 9 nitrogen and oxygen atoms in total. The molecule has 1 aliphatic heterocycles. The summed E-state index contributed by atoms with van der Waals surface area (Å²) in [6.45, 7) is 3.44. The number of benzene rings is 3. The van der Waals surface area contributed by atoms with E-state index in [1.54, 1.807) is 30.3 Å². The summed E-state index contributed by atoms with van der Waals surface area (Å²) in [7, 11) is -2.49. The molecule has 1 N–H and O–H groups in total. The smallest absolute Gasteiger partial charge is 0.338 e. The molecule has 0 radical (unpaired) electrons. The highest BCUT2D eigenvalue weighted by molar-refractivity contribution is 7.92. The molecular weight excluding hydrogens is 472 g/mol. The fraction of sp³-hybridized carbons (Fsp3) is 0.200. The third-order valence-electron chi connectivity index (χ3n) is 5.42. The number of ether oxygens (including phenoxy) is 3. The molecule has 0 saturated carbocycles. The summed E-state index contributed by atoms with van der Waals surface area (Å²) in [6, 6.07) is 17.4. The Kier molecular flexibility index (Phi) is 6.65. The Labute approximate surface area is 203 Å². The van der Waals surface area contributed by atoms with E-state index in [1.165, 1.54) is 38.2 Å². The van der Waals surface area contributed by atoms with Crippen molar-refractivity contribution in [3.63, 3.8) is 0 Å². The molecule has 0 saturated heterocycles. The number of fused-ring (bicyclic) bond motifs is 1. The van der Waals surface area contributed by atoms with Crippen molar-refractivity contribution < 1.29 is 32.2 Å². The standard InChI is InChI=1S/C25H24N2O7S/c1-16-7-10-20(11-8-16)27(3)35(30,31)21-6-4-5-18(13-21)25(29)34-17(2)24(28)26-19-9-12-22-23(14-19)33-15-32-22/h4-14,17H,15H2,1-3H3,(H,26,28). The molecule has 4 rings (SSSR count). The maximum atomic E-state index is 13.1. The van der Waals surface area contributed by atoms with Crippen LogP contribution in [0.3, 0.4) is 0 Å². The van der Waals surface area contributed by atoms with Crippen molar-refractivity contribution in [1.82, 2.24) is 0 Å². The SMILES string of the molecule is Cc1ccc(N(C)S(=O)(=O)c2cccc(C(=O)OC(C)C(=O)Nc3ccc4c(c3)OCO4)c2)cc1. The first-order valence-corrected chi connectivity index (χ1v) is 12.2. The van der Waals surface area contributed by atoms with Gasteiger partial charge < -0.3 is 19.5 Å². The summed E-state index contributed by atoms with van der Waals surface area (Å²) in [6.07, 6.45) is -1.14. The van der Waals surface area contributed by atoms with Crippen molar-refractivity contribution in [2.24, 2.45) is 0 Å². The van der Waals surface area contributed by atoms with Gasteiger partial charge in [-0.3, -0.25) is 9.10 Å². The van der Waals surface area contributed by atoms with E-state index >= 15 is 0 Å². The zero-order valence-corrected chi connectivity index (χ0v) is 20.2. The zero-order chi connectivity index (χ0) is 25.2. The molecule has 0 fully saturated rings. The lowest BCUT2D eigenvalue weighted by atomic mass is 10.2. The average molecular weight is 497 g/mol. The third kappa shape index (κ3) is 5.22. The summed E-state index contributed by atoms with van der Waals surface area (Å²) < 4.78 is 43.1. The van der Waals surface area contributed by atoms with Crippen molar-refractivity contribution in [1.29, 1.82) is 0 Å². The first kappa shape index (κ1) is 24.1. The van der Waals surface area contributed by atoms with Crippen molar-refractivity contribution in [3.05, 3.63) is 77.9 Å². The number of sulfonamides is 1. The van der Waals surface area contributed by atoms with Crippen LogP contribution in [0.1, 0.15) is 22.8 Å². The van der Waals surface area contributed by atoms with Gasteiger partial charge in [0.15, 0.2) is 17.6 Å². The van der Waals surface area contributed by atoms with Gasteiger partial charge in [-0.15, -0.1) is 0 Å². The van der Waals surface area contributed by atoms with Crippen LogP contribution in [0.5, 0.6) is 11.5 Å². The van der Waals surface area contributed by atoms with Crippen LogP contribution >= 0.6 is 0 Å². The van der Waals surface area contributed by atoms with Gasteiger partial charge in [-0.2, -0.15) is 0 Å². The molecular formula is C25H24N2O7S. The monoisotopic (exact) mass is 496 g/mol. The minimum absolute atomic E-state index is 0.00566. The Bertz CT molecular complexity index is 1370. The van der Waals surface area contributed by atoms with E-state index in [0.717, 1.165) is 9.87 Å². The van der Waals surface area contributed by atoms with Gasteiger partial charge in [0.05, 0.1) is 16.1 Å². The molecule has 3 aromatic carbocycles. The van der Waals surface area contributed by atoms with Crippen LogP contribution in [0.4, 0.5) is 11.4 Å². The Balaban J connectivity index is 1.44. The highest BCUT2D eigenvalue weighted by Gasteiger charge is 2.25. The number of amides is 1. The van der Waals surface area contributed by atoms with Crippen molar-refractivity contribution in [2.75, 3.05) is 23.5 Å². The maximum absolute atomic E-state index is 13.1. The van der Waals surface area contributed by atoms with Gasteiger partial charge in [-0.05, 0) is 56.3 Å². The summed E-state index contributed by atoms with van der Waals surface area (Å²) in [5.41, 5.74) is 1.94. The van der Waals surface area contributed by atoms with Crippen molar-refractivity contribution in [3.8, 4) is 11.5 Å². The second-order valence-electron chi connectivity index (χ2n) is 7.94. The highest BCUT2D eigenvalue weighted by atomic mass is 32.2. The molecule has 1 unspecified atom stereocenters. The minimum atomic E-state index is -3.93. The first-order valence-electron chi connectivity index (χ1n) is 10.7. The normalized spacial score (nSPS) is 13.1. The van der Waals surface area contributed by atoms with Crippen molar-refractivity contribution in [2.45, 2.75) is 24.8 Å². The first-order chi connectivity index (χ1) is 16.6. The van der Waals surface area contributed by atoms with E-state index in [-0.39, 0.29) is 17.3 Å². The Hall–Kier alpha value is -4.05. The third-order valence-corrected chi connectivity index (χ3v) is 7.20. The molecule has 0 aromatic heterocycles. The van der Waals surface area contributed by atoms with E-state index in [2.05, 4.69) is 5.32 Å². The molecule has 1 atom stereocenters. The van der Waals surface area contributed by atoms with Crippen LogP contribution in [0.15, 0.2) is 71.6 Å². The molecule has 10 heteroatoms. The lowest BCUT2D eigenvalue weighted by Crippen LogP contribution is -2.30. The number of esters is 1. The minimum Gasteiger partial charge on any atom is -0.454 e. The lowest BCUT2D eigenvalue weighted by Gasteiger charge is -2.20. The van der Waals surface area contributed by atoms with Crippen LogP contribution in [0.25, 0.3) is 0 Å². The van der Waals surface area contributed by atoms with Gasteiger partial charge in [0, 0.05) is 18.8 Å². The largest absolute Gasteiger partial charge is 0.454 e. The number of hydrogen-bond acceptors (Lipinski definition) is 7. The number of nitrogens with zero attached hydrogens (tertiary/aromatic N) is 1. The number of aryl methyl sites for hydroxylation is 1. The Morgan fingerprint density at radius 3 is 2.46 bits per heavy atom. The van der Waals surface area contributed by atoms with Gasteiger partial charge in [0.1, 0.15) is 0 Å². The molecule has 0 aliphatic carbocycles. The van der Waals surface area contributed by atoms with Gasteiger partial charge in [-0.1, -0.05) is 23.8 Å². The quantitative estimate of drug-likeness (QED) is 0.496. The Morgan fingerprint density at radius 2 is 1.71 bits per heavy atom. The Morgan fingerprint density at radius 1 is 1.00 bits per heavy atom. The predicted octanol–water partition coefficient (Wildman–Crippen LogP) is 3.73. The predicted molar refractivity (Wildman–Crippen MR) is 129 cm³/mol. The summed E-state index contributed by atoms with van der Waals surface area (Å²) in [5, 5.41) is 2.65. The number of carbonyl (C=O) groups is 2. The number of anilines is 2. The average Bonchev–Trinajstić information content (AvgIpc) is 3.32. The number of hydrogen-bond donors (Lipinski definition) is 1. The van der Waals surface area contributed by atoms with Crippen LogP contribution in [0.2, 0.25) is 0 Å². The van der Waals surface area contributed by atoms with Crippen LogP contribution < -0.4 is 19.1 Å². The number of carbonyl (C=O) groups excluding carboxylic acids is 2. The fourth-order valence-electron chi connectivity index (χ4n) is 3.34. The van der Waals surface area contributed by atoms with E-state index in [1.807, 2.05) is 19.1 Å². The molecule has 0 bridgehead atoms. The molecule has 1 aliphatic rings. The summed E-state index contributed by atoms with van der Waals surface area (Å²) >= 11 is 0. The second kappa shape index (κ2) is 9.67. The summed E-state index contributed by atoms with van der Waals surface area (Å²) in [4.78, 5) is 25.1. The van der Waals surface area contributed by atoms with Crippen LogP contribution in [-0.2, 0) is 19.6 Å². The molecule has 1 amide bonds. The van der Waals surface area contributed by atoms with Crippen molar-refractivity contribution >= 4 is 33.3 Å². The number of rotatable bonds is 7. The van der Waals surface area contributed by atoms with Gasteiger partial charge in [0.25, 0.3) is 15.9 Å². The maximum Gasteiger partial charge on any atom is 0.338 e. The second-order valence-corrected chi connectivity index (χ2v) is 9.91. The van der Waals surface area contributed by atoms with Gasteiger partial charge in [-0.25, -0.2) is 13.2 Å². The topological polar surface area (TPSA) is 111 Å². The number of nitrogens with one attached hydrogen (secondary N) is 1. The van der Waals surface area contributed by atoms with Crippen LogP contribution in [0, 0.1) is 6.92 Å². The van der Waals surface area contributed by atoms with E-state index in [9.17, 15) is 18.0 Å². The molecule has 0 spiro atoms. The van der Waals surface area contributed by atoms with E-state index in [0.29, 0.717) is 22.9 Å². The fourth-order valence-corrected chi connectivity index (χ4v) is 4.58. The molecule has 182 valence electrons. The molecule has 1 heterocycles. The highest BCUT2D eigenvalue weighted by Crippen LogP contribution is 2.34. The van der Waals surface area contributed by atoms with E-state index < -0.39 is 28.0 Å². The lowest BCUT2D eigenvalue weighted by molar-refractivity contribution is -0.123. The van der Waals surface area contributed by atoms with E-state index in [4.69, 9.17) is 14.2 Å².